The highest BCUT2D eigenvalue weighted by Gasteiger charge is 2.01. The van der Waals surface area contributed by atoms with Crippen LogP contribution in [0.1, 0.15) is 18.9 Å². The lowest BCUT2D eigenvalue weighted by Gasteiger charge is -2.05. The van der Waals surface area contributed by atoms with Gasteiger partial charge in [0.1, 0.15) is 0 Å². The van der Waals surface area contributed by atoms with Crippen LogP contribution in [0.25, 0.3) is 10.9 Å². The maximum absolute atomic E-state index is 5.75. The highest BCUT2D eigenvalue weighted by atomic mass is 14.9. The molecule has 0 aliphatic carbocycles. The summed E-state index contributed by atoms with van der Waals surface area (Å²) >= 11 is 0. The monoisotopic (exact) mass is 202 g/mol. The highest BCUT2D eigenvalue weighted by Crippen LogP contribution is 2.17. The zero-order valence-electron chi connectivity index (χ0n) is 9.40. The van der Waals surface area contributed by atoms with Gasteiger partial charge in [0.05, 0.1) is 0 Å². The minimum atomic E-state index is 0.288. The number of hydrogen-bond acceptors (Lipinski definition) is 1. The van der Waals surface area contributed by atoms with Gasteiger partial charge in [0.15, 0.2) is 0 Å². The zero-order valence-corrected chi connectivity index (χ0v) is 9.40. The van der Waals surface area contributed by atoms with Crippen molar-refractivity contribution in [2.75, 3.05) is 0 Å². The van der Waals surface area contributed by atoms with Crippen molar-refractivity contribution in [3.05, 3.63) is 36.0 Å². The third-order valence-corrected chi connectivity index (χ3v) is 2.84. The van der Waals surface area contributed by atoms with Gasteiger partial charge in [0, 0.05) is 24.8 Å². The molecule has 0 bridgehead atoms. The molecule has 2 aromatic rings. The van der Waals surface area contributed by atoms with Gasteiger partial charge in [-0.2, -0.15) is 0 Å². The van der Waals surface area contributed by atoms with Crippen LogP contribution in [0.3, 0.4) is 0 Å². The average molecular weight is 202 g/mol. The van der Waals surface area contributed by atoms with Crippen molar-refractivity contribution in [1.29, 1.82) is 0 Å². The van der Waals surface area contributed by atoms with Crippen LogP contribution in [-0.2, 0) is 13.5 Å². The Morgan fingerprint density at radius 1 is 1.33 bits per heavy atom. The van der Waals surface area contributed by atoms with Gasteiger partial charge in [-0.05, 0) is 48.9 Å². The lowest BCUT2D eigenvalue weighted by atomic mass is 10.1. The van der Waals surface area contributed by atoms with Crippen molar-refractivity contribution < 1.29 is 0 Å². The Morgan fingerprint density at radius 3 is 2.87 bits per heavy atom. The first-order valence-corrected chi connectivity index (χ1v) is 5.46. The van der Waals surface area contributed by atoms with Crippen molar-refractivity contribution in [3.63, 3.8) is 0 Å². The van der Waals surface area contributed by atoms with Gasteiger partial charge in [-0.3, -0.25) is 0 Å². The first-order valence-electron chi connectivity index (χ1n) is 5.46. The van der Waals surface area contributed by atoms with E-state index in [-0.39, 0.29) is 6.04 Å². The molecule has 0 saturated heterocycles. The Balaban J connectivity index is 2.23. The molecule has 0 aliphatic rings. The van der Waals surface area contributed by atoms with Crippen LogP contribution in [0.2, 0.25) is 0 Å². The molecule has 1 atom stereocenters. The zero-order chi connectivity index (χ0) is 10.8. The molecule has 80 valence electrons. The fourth-order valence-electron chi connectivity index (χ4n) is 1.88. The number of aromatic nitrogens is 1. The maximum Gasteiger partial charge on any atom is 0.0477 e. The lowest BCUT2D eigenvalue weighted by Crippen LogP contribution is -2.15. The van der Waals surface area contributed by atoms with Gasteiger partial charge in [0.25, 0.3) is 0 Å². The summed E-state index contributed by atoms with van der Waals surface area (Å²) in [5.74, 6) is 0. The molecule has 1 aromatic heterocycles. The van der Waals surface area contributed by atoms with Crippen molar-refractivity contribution in [2.45, 2.75) is 25.8 Å². The number of nitrogens with two attached hydrogens (primary N) is 1. The predicted octanol–water partition coefficient (Wildman–Crippen LogP) is 2.46. The fourth-order valence-corrected chi connectivity index (χ4v) is 1.88. The van der Waals surface area contributed by atoms with Crippen molar-refractivity contribution >= 4 is 10.9 Å². The molecule has 2 nitrogen and oxygen atoms in total. The van der Waals surface area contributed by atoms with E-state index in [2.05, 4.69) is 49.0 Å². The largest absolute Gasteiger partial charge is 0.351 e. The number of benzene rings is 1. The average Bonchev–Trinajstić information content (AvgIpc) is 2.57. The van der Waals surface area contributed by atoms with Gasteiger partial charge in [-0.15, -0.1) is 0 Å². The molecule has 0 radical (unpaired) electrons. The molecule has 2 N–H and O–H groups in total. The van der Waals surface area contributed by atoms with E-state index in [1.807, 2.05) is 0 Å². The molecule has 0 fully saturated rings. The van der Waals surface area contributed by atoms with Crippen LogP contribution in [-0.4, -0.2) is 10.6 Å². The quantitative estimate of drug-likeness (QED) is 0.814. The van der Waals surface area contributed by atoms with Gasteiger partial charge in [-0.25, -0.2) is 0 Å². The van der Waals surface area contributed by atoms with E-state index < -0.39 is 0 Å². The summed E-state index contributed by atoms with van der Waals surface area (Å²) in [6.07, 6.45) is 4.22. The first-order chi connectivity index (χ1) is 7.16. The van der Waals surface area contributed by atoms with E-state index in [4.69, 9.17) is 5.73 Å². The third kappa shape index (κ3) is 2.21. The van der Waals surface area contributed by atoms with Crippen LogP contribution in [0.15, 0.2) is 30.5 Å². The molecule has 2 heteroatoms. The molecule has 0 unspecified atom stereocenters. The first kappa shape index (κ1) is 10.2. The van der Waals surface area contributed by atoms with E-state index in [1.54, 1.807) is 0 Å². The Morgan fingerprint density at radius 2 is 2.13 bits per heavy atom. The van der Waals surface area contributed by atoms with Crippen molar-refractivity contribution in [3.8, 4) is 0 Å². The van der Waals surface area contributed by atoms with Gasteiger partial charge in [-0.1, -0.05) is 6.07 Å². The third-order valence-electron chi connectivity index (χ3n) is 2.84. The van der Waals surface area contributed by atoms with E-state index in [9.17, 15) is 0 Å². The Bertz CT molecular complexity index is 455. The predicted molar refractivity (Wildman–Crippen MR) is 64.9 cm³/mol. The smallest absolute Gasteiger partial charge is 0.0477 e. The Labute approximate surface area is 90.7 Å². The van der Waals surface area contributed by atoms with Gasteiger partial charge in [0.2, 0.25) is 0 Å². The highest BCUT2D eigenvalue weighted by molar-refractivity contribution is 5.80. The van der Waals surface area contributed by atoms with Crippen molar-refractivity contribution in [2.24, 2.45) is 12.8 Å². The normalized spacial score (nSPS) is 13.3. The number of aryl methyl sites for hydroxylation is 2. The topological polar surface area (TPSA) is 30.9 Å². The molecule has 15 heavy (non-hydrogen) atoms. The Kier molecular flexibility index (Phi) is 2.78. The second kappa shape index (κ2) is 4.07. The minimum Gasteiger partial charge on any atom is -0.351 e. The molecule has 0 spiro atoms. The summed E-state index contributed by atoms with van der Waals surface area (Å²) in [4.78, 5) is 0. The van der Waals surface area contributed by atoms with Crippen molar-refractivity contribution in [1.82, 2.24) is 4.57 Å². The summed E-state index contributed by atoms with van der Waals surface area (Å²) in [5, 5.41) is 1.32. The standard InChI is InChI=1S/C13H18N2/c1-10(14)3-4-11-5-6-13-12(9-11)7-8-15(13)2/h5-10H,3-4,14H2,1-2H3/t10-/m0/s1. The van der Waals surface area contributed by atoms with Gasteiger partial charge < -0.3 is 10.3 Å². The molecular formula is C13H18N2. The number of rotatable bonds is 3. The summed E-state index contributed by atoms with van der Waals surface area (Å²) in [7, 11) is 2.07. The van der Waals surface area contributed by atoms with E-state index >= 15 is 0 Å². The summed E-state index contributed by atoms with van der Waals surface area (Å²) in [5.41, 5.74) is 8.42. The summed E-state index contributed by atoms with van der Waals surface area (Å²) in [6, 6.07) is 9.09. The molecule has 1 aromatic carbocycles. The molecular weight excluding hydrogens is 184 g/mol. The molecule has 2 rings (SSSR count). The summed E-state index contributed by atoms with van der Waals surface area (Å²) in [6.45, 7) is 2.06. The maximum atomic E-state index is 5.75. The molecule has 0 aliphatic heterocycles. The van der Waals surface area contributed by atoms with Crippen LogP contribution in [0.5, 0.6) is 0 Å². The van der Waals surface area contributed by atoms with Crippen LogP contribution in [0.4, 0.5) is 0 Å². The van der Waals surface area contributed by atoms with Crippen LogP contribution >= 0.6 is 0 Å². The second-order valence-corrected chi connectivity index (χ2v) is 4.34. The van der Waals surface area contributed by atoms with E-state index in [1.165, 1.54) is 16.5 Å². The number of nitrogens with zero attached hydrogens (tertiary/aromatic N) is 1. The Hall–Kier alpha value is -1.28. The minimum absolute atomic E-state index is 0.288. The number of fused-ring (bicyclic) bond motifs is 1. The SMILES string of the molecule is C[C@H](N)CCc1ccc2c(ccn2C)c1. The van der Waals surface area contributed by atoms with Gasteiger partial charge >= 0.3 is 0 Å². The lowest BCUT2D eigenvalue weighted by molar-refractivity contribution is 0.666. The van der Waals surface area contributed by atoms with Crippen LogP contribution < -0.4 is 5.73 Å². The fraction of sp³-hybridized carbons (Fsp3) is 0.385. The van der Waals surface area contributed by atoms with Crippen LogP contribution in [0, 0.1) is 0 Å². The molecule has 0 saturated carbocycles. The van der Waals surface area contributed by atoms with E-state index in [0.717, 1.165) is 12.8 Å². The second-order valence-electron chi connectivity index (χ2n) is 4.34. The number of hydrogen-bond donors (Lipinski definition) is 1. The molecule has 1 heterocycles. The van der Waals surface area contributed by atoms with E-state index in [0.29, 0.717) is 0 Å². The summed E-state index contributed by atoms with van der Waals surface area (Å²) < 4.78 is 2.14. The molecule has 0 amide bonds.